The summed E-state index contributed by atoms with van der Waals surface area (Å²) in [6.07, 6.45) is 0. The molecule has 0 radical (unpaired) electrons. The third kappa shape index (κ3) is 4.32. The van der Waals surface area contributed by atoms with Crippen LogP contribution in [0.5, 0.6) is 0 Å². The molecule has 0 unspecified atom stereocenters. The van der Waals surface area contributed by atoms with Gasteiger partial charge in [-0.1, -0.05) is 11.6 Å². The van der Waals surface area contributed by atoms with Crippen LogP contribution in [0, 0.1) is 5.82 Å². The predicted octanol–water partition coefficient (Wildman–Crippen LogP) is 1.40. The van der Waals surface area contributed by atoms with E-state index in [1.165, 1.54) is 12.1 Å². The summed E-state index contributed by atoms with van der Waals surface area (Å²) in [6.45, 7) is 2.16. The summed E-state index contributed by atoms with van der Waals surface area (Å²) in [5, 5.41) is 2.92. The van der Waals surface area contributed by atoms with E-state index in [0.717, 1.165) is 6.07 Å². The fraction of sp³-hybridized carbons (Fsp3) is 0.429. The maximum absolute atomic E-state index is 13.0. The highest BCUT2D eigenvalue weighted by Crippen LogP contribution is 2.19. The van der Waals surface area contributed by atoms with Gasteiger partial charge in [-0.25, -0.2) is 4.39 Å². The zero-order chi connectivity index (χ0) is 15.4. The van der Waals surface area contributed by atoms with E-state index >= 15 is 0 Å². The van der Waals surface area contributed by atoms with Gasteiger partial charge in [-0.15, -0.1) is 12.4 Å². The van der Waals surface area contributed by atoms with Crippen molar-refractivity contribution in [3.05, 3.63) is 34.6 Å². The van der Waals surface area contributed by atoms with E-state index in [1.807, 2.05) is 0 Å². The smallest absolute Gasteiger partial charge is 0.255 e. The summed E-state index contributed by atoms with van der Waals surface area (Å²) < 4.78 is 13.0. The maximum atomic E-state index is 13.0. The molecule has 1 aromatic rings. The van der Waals surface area contributed by atoms with Gasteiger partial charge in [0.25, 0.3) is 5.91 Å². The Morgan fingerprint density at radius 1 is 1.23 bits per heavy atom. The zero-order valence-corrected chi connectivity index (χ0v) is 13.7. The van der Waals surface area contributed by atoms with Crippen LogP contribution in [0.15, 0.2) is 18.2 Å². The average Bonchev–Trinajstić information content (AvgIpc) is 2.47. The summed E-state index contributed by atoms with van der Waals surface area (Å²) in [7, 11) is 1.72. The number of carbonyl (C=O) groups is 2. The van der Waals surface area contributed by atoms with Crippen LogP contribution in [0.25, 0.3) is 0 Å². The highest BCUT2D eigenvalue weighted by molar-refractivity contribution is 6.33. The van der Waals surface area contributed by atoms with E-state index in [2.05, 4.69) is 5.32 Å². The molecule has 0 bridgehead atoms. The van der Waals surface area contributed by atoms with Crippen LogP contribution in [0.1, 0.15) is 10.4 Å². The van der Waals surface area contributed by atoms with Gasteiger partial charge in [0.1, 0.15) is 5.82 Å². The molecular formula is C14H18Cl2FN3O2. The van der Waals surface area contributed by atoms with Crippen molar-refractivity contribution >= 4 is 35.8 Å². The minimum absolute atomic E-state index is 0. The van der Waals surface area contributed by atoms with Crippen LogP contribution >= 0.6 is 24.0 Å². The molecule has 1 fully saturated rings. The molecule has 1 saturated heterocycles. The number of hydrogen-bond donors (Lipinski definition) is 1. The zero-order valence-electron chi connectivity index (χ0n) is 12.1. The topological polar surface area (TPSA) is 52.7 Å². The van der Waals surface area contributed by atoms with Gasteiger partial charge in [-0.05, 0) is 25.2 Å². The van der Waals surface area contributed by atoms with Crippen molar-refractivity contribution in [2.45, 2.75) is 0 Å². The number of carbonyl (C=O) groups excluding carboxylic acids is 2. The van der Waals surface area contributed by atoms with Crippen LogP contribution in [-0.2, 0) is 4.79 Å². The molecule has 0 aromatic heterocycles. The van der Waals surface area contributed by atoms with Crippen LogP contribution in [-0.4, -0.2) is 61.4 Å². The number of halogens is 3. The van der Waals surface area contributed by atoms with Gasteiger partial charge in [0.15, 0.2) is 0 Å². The van der Waals surface area contributed by atoms with Gasteiger partial charge in [-0.3, -0.25) is 9.59 Å². The van der Waals surface area contributed by atoms with Crippen molar-refractivity contribution in [3.63, 3.8) is 0 Å². The van der Waals surface area contributed by atoms with E-state index in [1.54, 1.807) is 16.8 Å². The molecule has 1 aliphatic rings. The van der Waals surface area contributed by atoms with Crippen molar-refractivity contribution in [3.8, 4) is 0 Å². The van der Waals surface area contributed by atoms with Gasteiger partial charge in [0.05, 0.1) is 17.1 Å². The van der Waals surface area contributed by atoms with Crippen LogP contribution in [0.3, 0.4) is 0 Å². The number of nitrogens with zero attached hydrogens (tertiary/aromatic N) is 2. The molecule has 22 heavy (non-hydrogen) atoms. The third-order valence-corrected chi connectivity index (χ3v) is 3.72. The molecule has 0 spiro atoms. The van der Waals surface area contributed by atoms with Crippen molar-refractivity contribution in [1.82, 2.24) is 15.1 Å². The van der Waals surface area contributed by atoms with E-state index in [9.17, 15) is 14.0 Å². The molecule has 122 valence electrons. The predicted molar refractivity (Wildman–Crippen MR) is 85.1 cm³/mol. The Balaban J connectivity index is 0.00000242. The molecule has 1 aliphatic heterocycles. The summed E-state index contributed by atoms with van der Waals surface area (Å²) >= 11 is 5.90. The van der Waals surface area contributed by atoms with Crippen molar-refractivity contribution in [2.24, 2.45) is 0 Å². The molecule has 1 heterocycles. The standard InChI is InChI=1S/C14H17ClFN3O2.ClH/c1-17-9-13(20)18-4-6-19(7-5-18)14(21)11-3-2-10(16)8-12(11)15;/h2-3,8,17H,4-7,9H2,1H3;1H. The summed E-state index contributed by atoms with van der Waals surface area (Å²) in [4.78, 5) is 27.4. The Kier molecular flexibility index (Phi) is 7.06. The molecule has 1 aromatic carbocycles. The number of nitrogens with one attached hydrogen (secondary N) is 1. The van der Waals surface area contributed by atoms with Gasteiger partial charge >= 0.3 is 0 Å². The molecule has 2 amide bonds. The lowest BCUT2D eigenvalue weighted by Crippen LogP contribution is -2.52. The summed E-state index contributed by atoms with van der Waals surface area (Å²) in [5.41, 5.74) is 0.285. The summed E-state index contributed by atoms with van der Waals surface area (Å²) in [5.74, 6) is -0.691. The highest BCUT2D eigenvalue weighted by Gasteiger charge is 2.25. The quantitative estimate of drug-likeness (QED) is 0.897. The monoisotopic (exact) mass is 349 g/mol. The molecule has 0 atom stereocenters. The molecule has 1 N–H and O–H groups in total. The molecule has 5 nitrogen and oxygen atoms in total. The van der Waals surface area contributed by atoms with E-state index in [4.69, 9.17) is 11.6 Å². The first-order chi connectivity index (χ1) is 10.0. The SMILES string of the molecule is CNCC(=O)N1CCN(C(=O)c2ccc(F)cc2Cl)CC1.Cl. The second-order valence-electron chi connectivity index (χ2n) is 4.83. The molecule has 0 saturated carbocycles. The van der Waals surface area contributed by atoms with E-state index in [-0.39, 0.29) is 41.4 Å². The lowest BCUT2D eigenvalue weighted by atomic mass is 10.1. The minimum atomic E-state index is -0.473. The Labute approximate surface area is 139 Å². The average molecular weight is 350 g/mol. The lowest BCUT2D eigenvalue weighted by molar-refractivity contribution is -0.131. The number of likely N-dealkylation sites (N-methyl/N-ethyl adjacent to an activating group) is 1. The van der Waals surface area contributed by atoms with Crippen LogP contribution in [0.4, 0.5) is 4.39 Å². The first-order valence-corrected chi connectivity index (χ1v) is 7.07. The molecular weight excluding hydrogens is 332 g/mol. The van der Waals surface area contributed by atoms with Crippen LogP contribution in [0.2, 0.25) is 5.02 Å². The fourth-order valence-electron chi connectivity index (χ4n) is 2.26. The molecule has 0 aliphatic carbocycles. The number of hydrogen-bond acceptors (Lipinski definition) is 3. The van der Waals surface area contributed by atoms with Gasteiger partial charge < -0.3 is 15.1 Å². The molecule has 8 heteroatoms. The van der Waals surface area contributed by atoms with Crippen LogP contribution < -0.4 is 5.32 Å². The van der Waals surface area contributed by atoms with Gasteiger partial charge in [-0.2, -0.15) is 0 Å². The number of benzene rings is 1. The Morgan fingerprint density at radius 3 is 2.36 bits per heavy atom. The largest absolute Gasteiger partial charge is 0.338 e. The highest BCUT2D eigenvalue weighted by atomic mass is 35.5. The number of piperazine rings is 1. The van der Waals surface area contributed by atoms with E-state index in [0.29, 0.717) is 26.2 Å². The second-order valence-corrected chi connectivity index (χ2v) is 5.23. The van der Waals surface area contributed by atoms with Gasteiger partial charge in [0, 0.05) is 26.2 Å². The normalized spacial score (nSPS) is 14.5. The number of rotatable bonds is 3. The maximum Gasteiger partial charge on any atom is 0.255 e. The first-order valence-electron chi connectivity index (χ1n) is 6.69. The molecule has 2 rings (SSSR count). The van der Waals surface area contributed by atoms with Crippen molar-refractivity contribution in [1.29, 1.82) is 0 Å². The third-order valence-electron chi connectivity index (χ3n) is 3.41. The van der Waals surface area contributed by atoms with Gasteiger partial charge in [0.2, 0.25) is 5.91 Å². The van der Waals surface area contributed by atoms with E-state index < -0.39 is 5.82 Å². The van der Waals surface area contributed by atoms with Crippen molar-refractivity contribution < 1.29 is 14.0 Å². The Hall–Kier alpha value is -1.37. The summed E-state index contributed by atoms with van der Waals surface area (Å²) in [6, 6.07) is 3.73. The lowest BCUT2D eigenvalue weighted by Gasteiger charge is -2.35. The Bertz CT molecular complexity index is 549. The Morgan fingerprint density at radius 2 is 1.82 bits per heavy atom. The van der Waals surface area contributed by atoms with Crippen molar-refractivity contribution in [2.75, 3.05) is 39.8 Å². The minimum Gasteiger partial charge on any atom is -0.338 e. The number of amides is 2. The second kappa shape index (κ2) is 8.31. The first kappa shape index (κ1) is 18.7. The fourth-order valence-corrected chi connectivity index (χ4v) is 2.50.